The molecule has 1 unspecified atom stereocenters. The molecule has 0 saturated heterocycles. The maximum atomic E-state index is 11.6. The van der Waals surface area contributed by atoms with E-state index in [-0.39, 0.29) is 5.56 Å². The van der Waals surface area contributed by atoms with Crippen LogP contribution in [0, 0.1) is 10.1 Å². The highest BCUT2D eigenvalue weighted by Crippen LogP contribution is 2.40. The Hall–Kier alpha value is -1.47. The molecule has 0 aliphatic carbocycles. The van der Waals surface area contributed by atoms with Crippen molar-refractivity contribution in [3.8, 4) is 0 Å². The van der Waals surface area contributed by atoms with Gasteiger partial charge in [-0.2, -0.15) is 0 Å². The molecule has 0 fully saturated rings. The number of amides is 1. The lowest BCUT2D eigenvalue weighted by Crippen LogP contribution is -2.41. The normalized spacial score (nSPS) is 22.8. The minimum atomic E-state index is -2.10. The van der Waals surface area contributed by atoms with Crippen LogP contribution in [0.3, 0.4) is 0 Å². The molecule has 1 atom stereocenters. The van der Waals surface area contributed by atoms with E-state index in [1.165, 1.54) is 0 Å². The fourth-order valence-corrected chi connectivity index (χ4v) is 2.42. The number of halogens is 1. The van der Waals surface area contributed by atoms with E-state index in [1.54, 1.807) is 18.2 Å². The quantitative estimate of drug-likeness (QED) is 0.623. The molecule has 1 aliphatic heterocycles. The van der Waals surface area contributed by atoms with Crippen LogP contribution in [-0.4, -0.2) is 22.5 Å². The summed E-state index contributed by atoms with van der Waals surface area (Å²) in [6, 6.07) is 4.86. The topological polar surface area (TPSA) is 92.5 Å². The average molecular weight is 287 g/mol. The molecule has 2 N–H and O–H groups in total. The first-order valence-corrected chi connectivity index (χ1v) is 5.19. The maximum Gasteiger partial charge on any atom is 0.268 e. The molecule has 0 radical (unpaired) electrons. The van der Waals surface area contributed by atoms with Crippen molar-refractivity contribution in [2.75, 3.05) is 11.9 Å². The Morgan fingerprint density at radius 1 is 1.56 bits per heavy atom. The zero-order valence-corrected chi connectivity index (χ0v) is 9.52. The van der Waals surface area contributed by atoms with E-state index in [4.69, 9.17) is 0 Å². The second-order valence-corrected chi connectivity index (χ2v) is 4.32. The minimum Gasteiger partial charge on any atom is -0.370 e. The lowest BCUT2D eigenvalue weighted by molar-refractivity contribution is -0.498. The maximum absolute atomic E-state index is 11.6. The molecule has 0 aromatic heterocycles. The number of nitrogens with one attached hydrogen (secondary N) is 1. The number of carbonyl (C=O) groups excluding carboxylic acids is 1. The van der Waals surface area contributed by atoms with Gasteiger partial charge in [0.25, 0.3) is 5.91 Å². The third-order valence-electron chi connectivity index (χ3n) is 2.41. The number of nitro groups is 1. The molecule has 16 heavy (non-hydrogen) atoms. The number of carbonyl (C=O) groups is 1. The molecule has 1 aliphatic rings. The van der Waals surface area contributed by atoms with Gasteiger partial charge >= 0.3 is 0 Å². The molecule has 6 nitrogen and oxygen atoms in total. The summed E-state index contributed by atoms with van der Waals surface area (Å²) in [5, 5.41) is 23.0. The first kappa shape index (κ1) is 11.0. The Labute approximate surface area is 98.5 Å². The standard InChI is InChI=1S/C9H7BrN2O4/c10-5-2-1-3-6-7(5)9(14,4-12(15)16)8(13)11-6/h1-3,14H,4H2,(H,11,13). The molecule has 1 aromatic carbocycles. The van der Waals surface area contributed by atoms with Crippen molar-refractivity contribution in [1.82, 2.24) is 0 Å². The van der Waals surface area contributed by atoms with Gasteiger partial charge in [-0.3, -0.25) is 14.9 Å². The first-order chi connectivity index (χ1) is 7.45. The van der Waals surface area contributed by atoms with E-state index < -0.39 is 23.0 Å². The molecule has 7 heteroatoms. The number of aliphatic hydroxyl groups is 1. The number of hydrogen-bond acceptors (Lipinski definition) is 4. The van der Waals surface area contributed by atoms with Crippen molar-refractivity contribution < 1.29 is 14.8 Å². The van der Waals surface area contributed by atoms with Gasteiger partial charge in [-0.25, -0.2) is 0 Å². The third-order valence-corrected chi connectivity index (χ3v) is 3.07. The molecule has 1 heterocycles. The fraction of sp³-hybridized carbons (Fsp3) is 0.222. The van der Waals surface area contributed by atoms with E-state index in [2.05, 4.69) is 21.2 Å². The summed E-state index contributed by atoms with van der Waals surface area (Å²) in [6.45, 7) is -0.853. The average Bonchev–Trinajstić information content (AvgIpc) is 2.39. The molecule has 0 bridgehead atoms. The Morgan fingerprint density at radius 3 is 2.88 bits per heavy atom. The summed E-state index contributed by atoms with van der Waals surface area (Å²) >= 11 is 3.17. The monoisotopic (exact) mass is 286 g/mol. The molecular weight excluding hydrogens is 280 g/mol. The fourth-order valence-electron chi connectivity index (χ4n) is 1.73. The summed E-state index contributed by atoms with van der Waals surface area (Å²) in [5.74, 6) is -0.772. The van der Waals surface area contributed by atoms with Crippen molar-refractivity contribution in [2.45, 2.75) is 5.60 Å². The van der Waals surface area contributed by atoms with Gasteiger partial charge in [0.1, 0.15) is 0 Å². The third kappa shape index (κ3) is 1.48. The molecule has 1 aromatic rings. The second-order valence-electron chi connectivity index (χ2n) is 3.47. The van der Waals surface area contributed by atoms with Gasteiger partial charge < -0.3 is 10.4 Å². The number of rotatable bonds is 2. The largest absolute Gasteiger partial charge is 0.370 e. The predicted molar refractivity (Wildman–Crippen MR) is 58.5 cm³/mol. The molecular formula is C9H7BrN2O4. The zero-order chi connectivity index (χ0) is 11.9. The van der Waals surface area contributed by atoms with Gasteiger partial charge in [-0.05, 0) is 12.1 Å². The molecule has 84 valence electrons. The Morgan fingerprint density at radius 2 is 2.25 bits per heavy atom. The number of hydrogen-bond donors (Lipinski definition) is 2. The van der Waals surface area contributed by atoms with Gasteiger partial charge in [0, 0.05) is 20.6 Å². The highest BCUT2D eigenvalue weighted by Gasteiger charge is 2.50. The molecule has 0 spiro atoms. The molecule has 0 saturated carbocycles. The number of anilines is 1. The Balaban J connectivity index is 2.58. The van der Waals surface area contributed by atoms with E-state index in [9.17, 15) is 20.0 Å². The molecule has 2 rings (SSSR count). The summed E-state index contributed by atoms with van der Waals surface area (Å²) in [7, 11) is 0. The van der Waals surface area contributed by atoms with Crippen molar-refractivity contribution in [1.29, 1.82) is 0 Å². The van der Waals surface area contributed by atoms with Crippen LogP contribution in [0.25, 0.3) is 0 Å². The van der Waals surface area contributed by atoms with E-state index in [1.807, 2.05) is 0 Å². The van der Waals surface area contributed by atoms with Crippen LogP contribution in [0.5, 0.6) is 0 Å². The van der Waals surface area contributed by atoms with Crippen LogP contribution in [0.15, 0.2) is 22.7 Å². The van der Waals surface area contributed by atoms with E-state index >= 15 is 0 Å². The molecule has 1 amide bonds. The Bertz CT molecular complexity index is 490. The number of fused-ring (bicyclic) bond motifs is 1. The summed E-state index contributed by atoms with van der Waals surface area (Å²) < 4.78 is 0.465. The van der Waals surface area contributed by atoms with Crippen LogP contribution in [0.1, 0.15) is 5.56 Å². The van der Waals surface area contributed by atoms with E-state index in [0.717, 1.165) is 0 Å². The highest BCUT2D eigenvalue weighted by molar-refractivity contribution is 9.10. The summed E-state index contributed by atoms with van der Waals surface area (Å²) in [6.07, 6.45) is 0. The van der Waals surface area contributed by atoms with Gasteiger partial charge in [-0.15, -0.1) is 0 Å². The first-order valence-electron chi connectivity index (χ1n) is 4.40. The van der Waals surface area contributed by atoms with Crippen LogP contribution in [-0.2, 0) is 10.4 Å². The Kier molecular flexibility index (Phi) is 2.43. The van der Waals surface area contributed by atoms with Crippen molar-refractivity contribution in [3.05, 3.63) is 38.3 Å². The lowest BCUT2D eigenvalue weighted by atomic mass is 9.96. The van der Waals surface area contributed by atoms with Gasteiger partial charge in [-0.1, -0.05) is 22.0 Å². The smallest absolute Gasteiger partial charge is 0.268 e. The van der Waals surface area contributed by atoms with Gasteiger partial charge in [0.05, 0.1) is 0 Å². The van der Waals surface area contributed by atoms with Crippen molar-refractivity contribution >= 4 is 27.5 Å². The van der Waals surface area contributed by atoms with Crippen LogP contribution in [0.2, 0.25) is 0 Å². The highest BCUT2D eigenvalue weighted by atomic mass is 79.9. The van der Waals surface area contributed by atoms with Crippen LogP contribution >= 0.6 is 15.9 Å². The number of benzene rings is 1. The van der Waals surface area contributed by atoms with Gasteiger partial charge in [0.15, 0.2) is 0 Å². The van der Waals surface area contributed by atoms with Crippen molar-refractivity contribution in [3.63, 3.8) is 0 Å². The summed E-state index contributed by atoms with van der Waals surface area (Å²) in [4.78, 5) is 21.3. The van der Waals surface area contributed by atoms with Crippen LogP contribution < -0.4 is 5.32 Å². The van der Waals surface area contributed by atoms with Gasteiger partial charge in [0.2, 0.25) is 12.1 Å². The predicted octanol–water partition coefficient (Wildman–Crippen LogP) is 0.865. The van der Waals surface area contributed by atoms with E-state index in [0.29, 0.717) is 10.2 Å². The van der Waals surface area contributed by atoms with Crippen LogP contribution in [0.4, 0.5) is 5.69 Å². The SMILES string of the molecule is O=C1Nc2cccc(Br)c2C1(O)C[N+](=O)[O-]. The summed E-state index contributed by atoms with van der Waals surface area (Å²) in [5.41, 5.74) is -1.49. The number of nitrogens with zero attached hydrogens (tertiary/aromatic N) is 1. The minimum absolute atomic E-state index is 0.219. The second kappa shape index (κ2) is 3.53. The van der Waals surface area contributed by atoms with Crippen molar-refractivity contribution in [2.24, 2.45) is 0 Å². The zero-order valence-electron chi connectivity index (χ0n) is 7.94. The lowest BCUT2D eigenvalue weighted by Gasteiger charge is -2.16.